The summed E-state index contributed by atoms with van der Waals surface area (Å²) >= 11 is 1.12. The molecule has 9 nitrogen and oxygen atoms in total. The lowest BCUT2D eigenvalue weighted by molar-refractivity contribution is -0.137. The van der Waals surface area contributed by atoms with Crippen LogP contribution in [0.15, 0.2) is 52.3 Å². The molecule has 4 rings (SSSR count). The second-order valence-corrected chi connectivity index (χ2v) is 9.75. The van der Waals surface area contributed by atoms with E-state index in [-0.39, 0.29) is 10.8 Å². The van der Waals surface area contributed by atoms with Crippen molar-refractivity contribution < 1.29 is 27.5 Å². The van der Waals surface area contributed by atoms with E-state index < -0.39 is 21.2 Å². The second-order valence-electron chi connectivity index (χ2n) is 6.92. The van der Waals surface area contributed by atoms with Crippen molar-refractivity contribution in [1.29, 1.82) is 0 Å². The Morgan fingerprint density at radius 1 is 1.19 bits per heavy atom. The number of morpholine rings is 1. The average Bonchev–Trinajstić information content (AvgIpc) is 2.78. The minimum Gasteiger partial charge on any atom is -0.497 e. The van der Waals surface area contributed by atoms with Crippen molar-refractivity contribution in [2.45, 2.75) is 15.0 Å². The number of carbonyl (C=O) groups excluding carboxylic acids is 2. The number of sulfonamides is 1. The third kappa shape index (κ3) is 4.63. The number of amides is 2. The molecule has 2 amide bonds. The molecule has 0 aromatic heterocycles. The Hall–Kier alpha value is -2.76. The molecule has 1 fully saturated rings. The number of hydrogen-bond acceptors (Lipinski definition) is 7. The molecule has 2 N–H and O–H groups in total. The average molecular weight is 464 g/mol. The lowest BCUT2D eigenvalue weighted by Gasteiger charge is -2.31. The molecule has 0 radical (unpaired) electrons. The third-order valence-corrected chi connectivity index (χ3v) is 7.53. The van der Waals surface area contributed by atoms with Gasteiger partial charge < -0.3 is 19.7 Å². The smallest absolute Gasteiger partial charge is 0.261 e. The van der Waals surface area contributed by atoms with Crippen LogP contribution in [0.2, 0.25) is 0 Å². The van der Waals surface area contributed by atoms with Crippen molar-refractivity contribution >= 4 is 45.0 Å². The summed E-state index contributed by atoms with van der Waals surface area (Å²) in [5.74, 6) is -0.126. The molecule has 2 aromatic carbocycles. The van der Waals surface area contributed by atoms with Crippen LogP contribution < -0.4 is 14.8 Å². The van der Waals surface area contributed by atoms with Gasteiger partial charge in [-0.2, -0.15) is 0 Å². The van der Waals surface area contributed by atoms with Crippen molar-refractivity contribution in [2.75, 3.05) is 43.5 Å². The second kappa shape index (κ2) is 8.77. The van der Waals surface area contributed by atoms with Crippen LogP contribution in [0.3, 0.4) is 0 Å². The number of thioether (sulfide) groups is 1. The molecule has 0 bridgehead atoms. The zero-order chi connectivity index (χ0) is 22.0. The van der Waals surface area contributed by atoms with E-state index in [4.69, 9.17) is 9.47 Å². The van der Waals surface area contributed by atoms with E-state index in [2.05, 4.69) is 10.0 Å². The van der Waals surface area contributed by atoms with E-state index >= 15 is 0 Å². The van der Waals surface area contributed by atoms with Crippen LogP contribution in [0.4, 0.5) is 11.4 Å². The summed E-state index contributed by atoms with van der Waals surface area (Å²) in [6.45, 7) is 1.79. The largest absolute Gasteiger partial charge is 0.497 e. The Balaban J connectivity index is 1.51. The van der Waals surface area contributed by atoms with Gasteiger partial charge in [0.2, 0.25) is 11.8 Å². The first kappa shape index (κ1) is 21.5. The Labute approximate surface area is 184 Å². The molecule has 11 heteroatoms. The van der Waals surface area contributed by atoms with Crippen LogP contribution in [0, 0.1) is 0 Å². The normalized spacial score (nSPS) is 18.7. The van der Waals surface area contributed by atoms with Gasteiger partial charge in [-0.1, -0.05) is 0 Å². The Kier molecular flexibility index (Phi) is 6.08. The standard InChI is InChI=1S/C20H21N3O6S2/c1-28-14-4-2-13(3-5-14)22-31(26,27)15-6-7-17-16(12-15)21-19(24)18(30-17)20(25)23-8-10-29-11-9-23/h2-7,12,18,22H,8-11H2,1H3,(H,21,24)/t18-/m0/s1. The first-order valence-electron chi connectivity index (χ1n) is 9.52. The fraction of sp³-hybridized carbons (Fsp3) is 0.300. The number of hydrogen-bond donors (Lipinski definition) is 2. The summed E-state index contributed by atoms with van der Waals surface area (Å²) in [5.41, 5.74) is 0.742. The van der Waals surface area contributed by atoms with Crippen molar-refractivity contribution in [1.82, 2.24) is 4.90 Å². The number of nitrogens with zero attached hydrogens (tertiary/aromatic N) is 1. The van der Waals surface area contributed by atoms with Gasteiger partial charge in [0.1, 0.15) is 5.75 Å². The van der Waals surface area contributed by atoms with Gasteiger partial charge >= 0.3 is 0 Å². The topological polar surface area (TPSA) is 114 Å². The maximum atomic E-state index is 12.8. The number of fused-ring (bicyclic) bond motifs is 1. The molecule has 1 atom stereocenters. The van der Waals surface area contributed by atoms with E-state index in [1.165, 1.54) is 19.2 Å². The molecular weight excluding hydrogens is 442 g/mol. The summed E-state index contributed by atoms with van der Waals surface area (Å²) in [6, 6.07) is 10.9. The van der Waals surface area contributed by atoms with Crippen LogP contribution >= 0.6 is 11.8 Å². The van der Waals surface area contributed by atoms with E-state index in [9.17, 15) is 18.0 Å². The monoisotopic (exact) mass is 463 g/mol. The number of ether oxygens (including phenoxy) is 2. The summed E-state index contributed by atoms with van der Waals surface area (Å²) in [4.78, 5) is 27.5. The summed E-state index contributed by atoms with van der Waals surface area (Å²) in [5, 5.41) is 1.76. The number of methoxy groups -OCH3 is 1. The minimum atomic E-state index is -3.87. The highest BCUT2D eigenvalue weighted by atomic mass is 32.2. The number of anilines is 2. The number of carbonyl (C=O) groups is 2. The third-order valence-electron chi connectivity index (χ3n) is 4.89. The molecule has 1 saturated heterocycles. The molecule has 0 spiro atoms. The zero-order valence-corrected chi connectivity index (χ0v) is 18.3. The molecule has 2 aliphatic heterocycles. The lowest BCUT2D eigenvalue weighted by atomic mass is 10.2. The van der Waals surface area contributed by atoms with Gasteiger partial charge in [0.05, 0.1) is 30.9 Å². The summed E-state index contributed by atoms with van der Waals surface area (Å²) in [6.07, 6.45) is 0. The van der Waals surface area contributed by atoms with E-state index in [1.807, 2.05) is 0 Å². The van der Waals surface area contributed by atoms with Gasteiger partial charge in [-0.3, -0.25) is 14.3 Å². The van der Waals surface area contributed by atoms with Gasteiger partial charge in [-0.15, -0.1) is 11.8 Å². The Bertz CT molecular complexity index is 1100. The molecule has 164 valence electrons. The van der Waals surface area contributed by atoms with Gasteiger partial charge in [0, 0.05) is 23.7 Å². The Morgan fingerprint density at radius 2 is 1.90 bits per heavy atom. The minimum absolute atomic E-state index is 0.000855. The van der Waals surface area contributed by atoms with E-state index in [0.29, 0.717) is 48.3 Å². The summed E-state index contributed by atoms with van der Waals surface area (Å²) < 4.78 is 38.4. The van der Waals surface area contributed by atoms with Gasteiger partial charge in [0.25, 0.3) is 10.0 Å². The molecular formula is C20H21N3O6S2. The van der Waals surface area contributed by atoms with Crippen LogP contribution in [-0.4, -0.2) is 63.8 Å². The lowest BCUT2D eigenvalue weighted by Crippen LogP contribution is -2.49. The Morgan fingerprint density at radius 3 is 2.58 bits per heavy atom. The highest BCUT2D eigenvalue weighted by Crippen LogP contribution is 2.38. The number of benzene rings is 2. The van der Waals surface area contributed by atoms with Crippen molar-refractivity contribution in [3.63, 3.8) is 0 Å². The highest BCUT2D eigenvalue weighted by molar-refractivity contribution is 8.01. The fourth-order valence-electron chi connectivity index (χ4n) is 3.24. The molecule has 2 heterocycles. The maximum absolute atomic E-state index is 12.8. The van der Waals surface area contributed by atoms with Crippen LogP contribution in [0.1, 0.15) is 0 Å². The molecule has 0 aliphatic carbocycles. The van der Waals surface area contributed by atoms with Crippen LogP contribution in [0.5, 0.6) is 5.75 Å². The van der Waals surface area contributed by atoms with Gasteiger partial charge in [-0.05, 0) is 42.5 Å². The first-order valence-corrected chi connectivity index (χ1v) is 11.9. The number of nitrogens with one attached hydrogen (secondary N) is 2. The number of rotatable bonds is 5. The molecule has 2 aromatic rings. The van der Waals surface area contributed by atoms with Crippen molar-refractivity contribution in [3.05, 3.63) is 42.5 Å². The predicted molar refractivity (Wildman–Crippen MR) is 116 cm³/mol. The SMILES string of the molecule is COc1ccc(NS(=O)(=O)c2ccc3c(c2)NC(=O)[C@@H](C(=O)N2CCOCC2)S3)cc1. The van der Waals surface area contributed by atoms with Crippen molar-refractivity contribution in [3.8, 4) is 5.75 Å². The molecule has 2 aliphatic rings. The highest BCUT2D eigenvalue weighted by Gasteiger charge is 2.36. The zero-order valence-electron chi connectivity index (χ0n) is 16.7. The maximum Gasteiger partial charge on any atom is 0.261 e. The predicted octanol–water partition coefficient (Wildman–Crippen LogP) is 1.77. The van der Waals surface area contributed by atoms with Gasteiger partial charge in [-0.25, -0.2) is 8.42 Å². The summed E-state index contributed by atoms with van der Waals surface area (Å²) in [7, 11) is -2.35. The molecule has 0 unspecified atom stereocenters. The van der Waals surface area contributed by atoms with Crippen molar-refractivity contribution in [2.24, 2.45) is 0 Å². The molecule has 31 heavy (non-hydrogen) atoms. The van der Waals surface area contributed by atoms with Gasteiger partial charge in [0.15, 0.2) is 5.25 Å². The fourth-order valence-corrected chi connectivity index (χ4v) is 5.38. The molecule has 0 saturated carbocycles. The first-order chi connectivity index (χ1) is 14.9. The van der Waals surface area contributed by atoms with E-state index in [0.717, 1.165) is 11.8 Å². The van der Waals surface area contributed by atoms with Crippen LogP contribution in [-0.2, 0) is 24.3 Å². The quantitative estimate of drug-likeness (QED) is 0.650. The van der Waals surface area contributed by atoms with E-state index in [1.54, 1.807) is 35.2 Å². The van der Waals surface area contributed by atoms with Crippen LogP contribution in [0.25, 0.3) is 0 Å².